The van der Waals surface area contributed by atoms with Gasteiger partial charge in [0, 0.05) is 12.5 Å². The molecule has 0 aliphatic heterocycles. The summed E-state index contributed by atoms with van der Waals surface area (Å²) in [7, 11) is 0. The summed E-state index contributed by atoms with van der Waals surface area (Å²) in [6.45, 7) is 7.17. The Morgan fingerprint density at radius 1 is 0.853 bits per heavy atom. The van der Waals surface area contributed by atoms with Gasteiger partial charge in [0.05, 0.1) is 6.10 Å². The summed E-state index contributed by atoms with van der Waals surface area (Å²) in [6.07, 6.45) is 27.7. The van der Waals surface area contributed by atoms with E-state index in [9.17, 15) is 0 Å². The molecule has 0 heterocycles. The second-order valence-corrected chi connectivity index (χ2v) is 11.7. The molecule has 0 amide bonds. The highest BCUT2D eigenvalue weighted by Gasteiger charge is 2.29. The van der Waals surface area contributed by atoms with Crippen molar-refractivity contribution in [1.29, 1.82) is 0 Å². The third-order valence-electron chi connectivity index (χ3n) is 9.27. The summed E-state index contributed by atoms with van der Waals surface area (Å²) >= 11 is 0. The minimum Gasteiger partial charge on any atom is -0.378 e. The number of hydrogen-bond acceptors (Lipinski definition) is 1. The molecule has 4 rings (SSSR count). The number of hydrogen-bond donors (Lipinski definition) is 0. The molecule has 3 aliphatic rings. The molecule has 1 aromatic rings. The maximum absolute atomic E-state index is 6.41. The molecule has 2 fully saturated rings. The van der Waals surface area contributed by atoms with Gasteiger partial charge in [-0.3, -0.25) is 0 Å². The van der Waals surface area contributed by atoms with Gasteiger partial charge in [0.25, 0.3) is 0 Å². The van der Waals surface area contributed by atoms with Crippen LogP contribution in [0.4, 0.5) is 0 Å². The van der Waals surface area contributed by atoms with E-state index in [4.69, 9.17) is 4.74 Å². The Kier molecular flexibility index (Phi) is 10.4. The lowest BCUT2D eigenvalue weighted by atomic mass is 9.71. The lowest BCUT2D eigenvalue weighted by Gasteiger charge is -2.36. The molecule has 0 spiro atoms. The zero-order chi connectivity index (χ0) is 23.6. The van der Waals surface area contributed by atoms with Crippen LogP contribution in [0.25, 0.3) is 0 Å². The van der Waals surface area contributed by atoms with Crippen LogP contribution >= 0.6 is 0 Å². The summed E-state index contributed by atoms with van der Waals surface area (Å²) in [4.78, 5) is 0. The van der Waals surface area contributed by atoms with Crippen molar-refractivity contribution in [2.45, 2.75) is 115 Å². The van der Waals surface area contributed by atoms with Gasteiger partial charge >= 0.3 is 0 Å². The van der Waals surface area contributed by atoms with Crippen molar-refractivity contribution in [3.05, 3.63) is 60.2 Å². The molecule has 1 nitrogen and oxygen atoms in total. The second kappa shape index (κ2) is 13.7. The van der Waals surface area contributed by atoms with Gasteiger partial charge in [-0.2, -0.15) is 0 Å². The SMILES string of the molecule is C=CCCC1CCC(OCC2CCC(C3C=CC(c4ccc(CCCC)cc4)CC3)CC2)CC1. The number of benzene rings is 1. The van der Waals surface area contributed by atoms with Gasteiger partial charge in [0.15, 0.2) is 0 Å². The van der Waals surface area contributed by atoms with E-state index in [1.807, 2.05) is 0 Å². The van der Waals surface area contributed by atoms with E-state index < -0.39 is 0 Å². The zero-order valence-corrected chi connectivity index (χ0v) is 21.9. The largest absolute Gasteiger partial charge is 0.378 e. The molecule has 3 aliphatic carbocycles. The predicted molar refractivity (Wildman–Crippen MR) is 146 cm³/mol. The Morgan fingerprint density at radius 2 is 1.59 bits per heavy atom. The number of ether oxygens (including phenoxy) is 1. The maximum Gasteiger partial charge on any atom is 0.0575 e. The van der Waals surface area contributed by atoms with Gasteiger partial charge in [-0.1, -0.05) is 55.8 Å². The standard InChI is InChI=1S/C33H50O/c1-3-5-7-26-9-15-29(16-10-26)31-19-21-32(22-20-31)30-17-11-28(12-18-30)25-34-33-23-13-27(14-24-33)8-6-4-2/h4,9-10,15-16,19,21,27-28,30-33H,2-3,5-8,11-14,17-18,20,22-25H2,1H3. The van der Waals surface area contributed by atoms with Crippen molar-refractivity contribution >= 4 is 0 Å². The van der Waals surface area contributed by atoms with Crippen LogP contribution in [0.1, 0.15) is 114 Å². The summed E-state index contributed by atoms with van der Waals surface area (Å²) in [5.74, 6) is 4.08. The second-order valence-electron chi connectivity index (χ2n) is 11.7. The molecule has 2 saturated carbocycles. The molecule has 1 aromatic carbocycles. The van der Waals surface area contributed by atoms with Crippen LogP contribution in [0, 0.1) is 23.7 Å². The Labute approximate surface area is 210 Å². The highest BCUT2D eigenvalue weighted by molar-refractivity contribution is 5.29. The minimum atomic E-state index is 0.539. The van der Waals surface area contributed by atoms with Crippen LogP contribution in [-0.4, -0.2) is 12.7 Å². The third kappa shape index (κ3) is 7.58. The number of unbranched alkanes of at least 4 members (excludes halogenated alkanes) is 1. The Morgan fingerprint density at radius 3 is 2.24 bits per heavy atom. The highest BCUT2D eigenvalue weighted by Crippen LogP contribution is 2.41. The molecule has 0 radical (unpaired) electrons. The first-order valence-electron chi connectivity index (χ1n) is 14.7. The van der Waals surface area contributed by atoms with Crippen molar-refractivity contribution in [3.63, 3.8) is 0 Å². The average Bonchev–Trinajstić information content (AvgIpc) is 2.91. The zero-order valence-electron chi connectivity index (χ0n) is 21.9. The highest BCUT2D eigenvalue weighted by atomic mass is 16.5. The molecule has 2 atom stereocenters. The predicted octanol–water partition coefficient (Wildman–Crippen LogP) is 9.43. The van der Waals surface area contributed by atoms with Crippen LogP contribution < -0.4 is 0 Å². The molecule has 34 heavy (non-hydrogen) atoms. The van der Waals surface area contributed by atoms with E-state index in [2.05, 4.69) is 56.0 Å². The lowest BCUT2D eigenvalue weighted by Crippen LogP contribution is -2.28. The Bertz CT molecular complexity index is 730. The number of aryl methyl sites for hydroxylation is 1. The summed E-state index contributed by atoms with van der Waals surface area (Å²) < 4.78 is 6.41. The third-order valence-corrected chi connectivity index (χ3v) is 9.27. The fourth-order valence-electron chi connectivity index (χ4n) is 6.82. The van der Waals surface area contributed by atoms with Gasteiger partial charge < -0.3 is 4.74 Å². The van der Waals surface area contributed by atoms with Crippen molar-refractivity contribution in [2.75, 3.05) is 6.61 Å². The van der Waals surface area contributed by atoms with Crippen LogP contribution in [-0.2, 0) is 11.2 Å². The molecular formula is C33H50O. The Hall–Kier alpha value is -1.34. The molecule has 0 N–H and O–H groups in total. The fraction of sp³-hybridized carbons (Fsp3) is 0.697. The first kappa shape index (κ1) is 25.7. The normalized spacial score (nSPS) is 31.9. The van der Waals surface area contributed by atoms with Crippen LogP contribution in [0.2, 0.25) is 0 Å². The minimum absolute atomic E-state index is 0.539. The first-order chi connectivity index (χ1) is 16.7. The molecule has 2 unspecified atom stereocenters. The smallest absolute Gasteiger partial charge is 0.0575 e. The van der Waals surface area contributed by atoms with Gasteiger partial charge in [-0.05, 0) is 125 Å². The first-order valence-corrected chi connectivity index (χ1v) is 14.7. The molecule has 0 aromatic heterocycles. The fourth-order valence-corrected chi connectivity index (χ4v) is 6.82. The quantitative estimate of drug-likeness (QED) is 0.297. The summed E-state index contributed by atoms with van der Waals surface area (Å²) in [5, 5.41) is 0. The van der Waals surface area contributed by atoms with Gasteiger partial charge in [0.1, 0.15) is 0 Å². The molecular weight excluding hydrogens is 412 g/mol. The van der Waals surface area contributed by atoms with Gasteiger partial charge in [-0.25, -0.2) is 0 Å². The van der Waals surface area contributed by atoms with Crippen LogP contribution in [0.15, 0.2) is 49.1 Å². The van der Waals surface area contributed by atoms with E-state index in [1.54, 1.807) is 0 Å². The van der Waals surface area contributed by atoms with E-state index >= 15 is 0 Å². The maximum atomic E-state index is 6.41. The van der Waals surface area contributed by atoms with Crippen molar-refractivity contribution in [2.24, 2.45) is 23.7 Å². The van der Waals surface area contributed by atoms with Crippen molar-refractivity contribution in [1.82, 2.24) is 0 Å². The molecule has 0 saturated heterocycles. The topological polar surface area (TPSA) is 9.23 Å². The number of allylic oxidation sites excluding steroid dienone is 3. The van der Waals surface area contributed by atoms with Crippen molar-refractivity contribution in [3.8, 4) is 0 Å². The molecule has 188 valence electrons. The van der Waals surface area contributed by atoms with Crippen molar-refractivity contribution < 1.29 is 4.74 Å². The van der Waals surface area contributed by atoms with Crippen LogP contribution in [0.3, 0.4) is 0 Å². The van der Waals surface area contributed by atoms with Gasteiger partial charge in [0.2, 0.25) is 0 Å². The molecule has 0 bridgehead atoms. The summed E-state index contributed by atoms with van der Waals surface area (Å²) in [6, 6.07) is 9.50. The van der Waals surface area contributed by atoms with E-state index in [0.29, 0.717) is 12.0 Å². The molecule has 1 heteroatoms. The van der Waals surface area contributed by atoms with E-state index in [0.717, 1.165) is 30.3 Å². The van der Waals surface area contributed by atoms with E-state index in [1.165, 1.54) is 107 Å². The lowest BCUT2D eigenvalue weighted by molar-refractivity contribution is -0.0113. The van der Waals surface area contributed by atoms with Crippen LogP contribution in [0.5, 0.6) is 0 Å². The number of rotatable bonds is 11. The Balaban J connectivity index is 1.14. The summed E-state index contributed by atoms with van der Waals surface area (Å²) in [5.41, 5.74) is 3.02. The van der Waals surface area contributed by atoms with E-state index in [-0.39, 0.29) is 0 Å². The monoisotopic (exact) mass is 462 g/mol. The van der Waals surface area contributed by atoms with Gasteiger partial charge in [-0.15, -0.1) is 6.58 Å². The average molecular weight is 463 g/mol.